The molecule has 0 radical (unpaired) electrons. The van der Waals surface area contributed by atoms with Crippen molar-refractivity contribution in [3.8, 4) is 0 Å². The average molecular weight is 331 g/mol. The Balaban J connectivity index is 1.98. The summed E-state index contributed by atoms with van der Waals surface area (Å²) in [6, 6.07) is 6.75. The molecule has 0 aliphatic carbocycles. The standard InChI is InChI=1S/C12H18IN3/c1-16-6-4-10(5-7-16)15-12-3-2-9(13)8-11(12)14/h2-3,8,10,15H,4-7,14H2,1H3. The Hall–Kier alpha value is -0.490. The second-order valence-electron chi connectivity index (χ2n) is 4.45. The smallest absolute Gasteiger partial charge is 0.0576 e. The van der Waals surface area contributed by atoms with Gasteiger partial charge in [-0.1, -0.05) is 0 Å². The second-order valence-corrected chi connectivity index (χ2v) is 5.70. The highest BCUT2D eigenvalue weighted by atomic mass is 127. The molecular formula is C12H18IN3. The lowest BCUT2D eigenvalue weighted by Crippen LogP contribution is -2.36. The number of nitrogens with zero attached hydrogens (tertiary/aromatic N) is 1. The Labute approximate surface area is 111 Å². The summed E-state index contributed by atoms with van der Waals surface area (Å²) < 4.78 is 1.18. The van der Waals surface area contributed by atoms with Gasteiger partial charge in [-0.3, -0.25) is 0 Å². The summed E-state index contributed by atoms with van der Waals surface area (Å²) >= 11 is 2.28. The number of nitrogens with one attached hydrogen (secondary N) is 1. The third-order valence-electron chi connectivity index (χ3n) is 3.09. The van der Waals surface area contributed by atoms with Crippen molar-refractivity contribution in [3.63, 3.8) is 0 Å². The molecule has 1 aliphatic rings. The van der Waals surface area contributed by atoms with E-state index in [0.717, 1.165) is 11.4 Å². The molecule has 0 aromatic heterocycles. The minimum atomic E-state index is 0.568. The first-order valence-corrected chi connectivity index (χ1v) is 6.73. The molecule has 16 heavy (non-hydrogen) atoms. The zero-order chi connectivity index (χ0) is 11.5. The van der Waals surface area contributed by atoms with Crippen molar-refractivity contribution >= 4 is 34.0 Å². The number of piperidine rings is 1. The van der Waals surface area contributed by atoms with E-state index in [4.69, 9.17) is 5.73 Å². The molecule has 1 saturated heterocycles. The molecule has 1 aromatic rings. The van der Waals surface area contributed by atoms with Crippen molar-refractivity contribution in [1.82, 2.24) is 4.90 Å². The van der Waals surface area contributed by atoms with Crippen molar-refractivity contribution in [2.75, 3.05) is 31.2 Å². The van der Waals surface area contributed by atoms with Crippen LogP contribution in [0.25, 0.3) is 0 Å². The van der Waals surface area contributed by atoms with E-state index < -0.39 is 0 Å². The number of likely N-dealkylation sites (tertiary alicyclic amines) is 1. The Morgan fingerprint density at radius 1 is 1.38 bits per heavy atom. The maximum absolute atomic E-state index is 5.99. The molecule has 1 aromatic carbocycles. The first-order chi connectivity index (χ1) is 7.65. The number of nitrogen functional groups attached to an aromatic ring is 1. The van der Waals surface area contributed by atoms with Crippen LogP contribution >= 0.6 is 22.6 Å². The first kappa shape index (κ1) is 12.0. The van der Waals surface area contributed by atoms with Gasteiger partial charge in [0.2, 0.25) is 0 Å². The molecule has 0 atom stereocenters. The van der Waals surface area contributed by atoms with Gasteiger partial charge in [-0.15, -0.1) is 0 Å². The van der Waals surface area contributed by atoms with Crippen molar-refractivity contribution in [1.29, 1.82) is 0 Å². The summed E-state index contributed by atoms with van der Waals surface area (Å²) in [5, 5.41) is 3.54. The number of hydrogen-bond donors (Lipinski definition) is 2. The molecule has 0 spiro atoms. The van der Waals surface area contributed by atoms with E-state index in [1.807, 2.05) is 6.07 Å². The lowest BCUT2D eigenvalue weighted by molar-refractivity contribution is 0.264. The van der Waals surface area contributed by atoms with E-state index in [9.17, 15) is 0 Å². The number of halogens is 1. The van der Waals surface area contributed by atoms with Crippen molar-refractivity contribution in [3.05, 3.63) is 21.8 Å². The quantitative estimate of drug-likeness (QED) is 0.646. The van der Waals surface area contributed by atoms with Crippen LogP contribution in [0.5, 0.6) is 0 Å². The summed E-state index contributed by atoms with van der Waals surface area (Å²) in [5.41, 5.74) is 7.92. The molecule has 0 saturated carbocycles. The topological polar surface area (TPSA) is 41.3 Å². The number of hydrogen-bond acceptors (Lipinski definition) is 3. The van der Waals surface area contributed by atoms with E-state index in [1.54, 1.807) is 0 Å². The third-order valence-corrected chi connectivity index (χ3v) is 3.76. The lowest BCUT2D eigenvalue weighted by Gasteiger charge is -2.30. The van der Waals surface area contributed by atoms with Gasteiger partial charge >= 0.3 is 0 Å². The highest BCUT2D eigenvalue weighted by Crippen LogP contribution is 2.23. The fraction of sp³-hybridized carbons (Fsp3) is 0.500. The van der Waals surface area contributed by atoms with Crippen molar-refractivity contribution in [2.45, 2.75) is 18.9 Å². The summed E-state index contributed by atoms with van der Waals surface area (Å²) in [6.07, 6.45) is 2.39. The lowest BCUT2D eigenvalue weighted by atomic mass is 10.1. The summed E-state index contributed by atoms with van der Waals surface area (Å²) in [5.74, 6) is 0. The monoisotopic (exact) mass is 331 g/mol. The molecule has 1 aliphatic heterocycles. The summed E-state index contributed by atoms with van der Waals surface area (Å²) in [4.78, 5) is 2.37. The van der Waals surface area contributed by atoms with Crippen LogP contribution in [-0.4, -0.2) is 31.1 Å². The molecule has 0 bridgehead atoms. The maximum Gasteiger partial charge on any atom is 0.0576 e. The second kappa shape index (κ2) is 5.23. The summed E-state index contributed by atoms with van der Waals surface area (Å²) in [7, 11) is 2.18. The Bertz CT molecular complexity index is 359. The largest absolute Gasteiger partial charge is 0.397 e. The third kappa shape index (κ3) is 3.01. The number of rotatable bonds is 2. The van der Waals surface area contributed by atoms with E-state index in [2.05, 4.69) is 52.0 Å². The average Bonchev–Trinajstić information content (AvgIpc) is 2.25. The molecule has 1 heterocycles. The van der Waals surface area contributed by atoms with Crippen LogP contribution in [-0.2, 0) is 0 Å². The molecule has 3 nitrogen and oxygen atoms in total. The Kier molecular flexibility index (Phi) is 3.91. The number of benzene rings is 1. The van der Waals surface area contributed by atoms with Gasteiger partial charge in [-0.2, -0.15) is 0 Å². The van der Waals surface area contributed by atoms with Crippen LogP contribution in [0.4, 0.5) is 11.4 Å². The predicted octanol–water partition coefficient (Wildman–Crippen LogP) is 2.38. The fourth-order valence-electron chi connectivity index (χ4n) is 2.04. The molecule has 0 unspecified atom stereocenters. The van der Waals surface area contributed by atoms with Gasteiger partial charge < -0.3 is 16.0 Å². The zero-order valence-electron chi connectivity index (χ0n) is 9.54. The van der Waals surface area contributed by atoms with E-state index in [0.29, 0.717) is 6.04 Å². The van der Waals surface area contributed by atoms with Gasteiger partial charge in [-0.05, 0) is 73.8 Å². The van der Waals surface area contributed by atoms with Crippen LogP contribution in [0.2, 0.25) is 0 Å². The molecule has 4 heteroatoms. The van der Waals surface area contributed by atoms with E-state index in [1.165, 1.54) is 29.5 Å². The predicted molar refractivity (Wildman–Crippen MR) is 77.7 cm³/mol. The Morgan fingerprint density at radius 2 is 2.06 bits per heavy atom. The van der Waals surface area contributed by atoms with Gasteiger partial charge in [0.25, 0.3) is 0 Å². The molecule has 88 valence electrons. The molecule has 2 rings (SSSR count). The number of nitrogens with two attached hydrogens (primary N) is 1. The number of anilines is 2. The van der Waals surface area contributed by atoms with Gasteiger partial charge in [0.05, 0.1) is 11.4 Å². The van der Waals surface area contributed by atoms with Crippen LogP contribution in [0.3, 0.4) is 0 Å². The van der Waals surface area contributed by atoms with Crippen LogP contribution in [0.1, 0.15) is 12.8 Å². The molecular weight excluding hydrogens is 313 g/mol. The Morgan fingerprint density at radius 3 is 2.69 bits per heavy atom. The van der Waals surface area contributed by atoms with Crippen molar-refractivity contribution < 1.29 is 0 Å². The van der Waals surface area contributed by atoms with Gasteiger partial charge in [0.1, 0.15) is 0 Å². The molecule has 3 N–H and O–H groups in total. The molecule has 0 amide bonds. The summed E-state index contributed by atoms with van der Waals surface area (Å²) in [6.45, 7) is 2.34. The van der Waals surface area contributed by atoms with Crippen LogP contribution in [0, 0.1) is 3.57 Å². The van der Waals surface area contributed by atoms with Crippen molar-refractivity contribution in [2.24, 2.45) is 0 Å². The maximum atomic E-state index is 5.99. The fourth-order valence-corrected chi connectivity index (χ4v) is 2.55. The van der Waals surface area contributed by atoms with Gasteiger partial charge in [0, 0.05) is 9.61 Å². The van der Waals surface area contributed by atoms with Gasteiger partial charge in [0.15, 0.2) is 0 Å². The van der Waals surface area contributed by atoms with Gasteiger partial charge in [-0.25, -0.2) is 0 Å². The normalized spacial score (nSPS) is 18.6. The highest BCUT2D eigenvalue weighted by Gasteiger charge is 2.16. The molecule has 1 fully saturated rings. The zero-order valence-corrected chi connectivity index (χ0v) is 11.7. The van der Waals surface area contributed by atoms with E-state index in [-0.39, 0.29) is 0 Å². The minimum Gasteiger partial charge on any atom is -0.397 e. The van der Waals surface area contributed by atoms with Crippen LogP contribution in [0.15, 0.2) is 18.2 Å². The first-order valence-electron chi connectivity index (χ1n) is 5.65. The minimum absolute atomic E-state index is 0.568. The van der Waals surface area contributed by atoms with E-state index >= 15 is 0 Å². The van der Waals surface area contributed by atoms with Crippen LogP contribution < -0.4 is 11.1 Å². The highest BCUT2D eigenvalue weighted by molar-refractivity contribution is 14.1. The SMILES string of the molecule is CN1CCC(Nc2ccc(I)cc2N)CC1.